The Morgan fingerprint density at radius 3 is 2.41 bits per heavy atom. The number of carbonyl (C=O) groups excluding carboxylic acids is 2. The molecule has 1 heterocycles. The van der Waals surface area contributed by atoms with Crippen molar-refractivity contribution < 1.29 is 9.59 Å². The zero-order chi connectivity index (χ0) is 12.8. The molecule has 0 aliphatic carbocycles. The third-order valence-electron chi connectivity index (χ3n) is 2.96. The molecule has 0 aromatic heterocycles. The number of piperidine rings is 1. The van der Waals surface area contributed by atoms with Crippen molar-refractivity contribution in [3.63, 3.8) is 0 Å². The lowest BCUT2D eigenvalue weighted by atomic mass is 10.00. The van der Waals surface area contributed by atoms with E-state index >= 15 is 0 Å². The zero-order valence-corrected chi connectivity index (χ0v) is 10.2. The van der Waals surface area contributed by atoms with Crippen molar-refractivity contribution in [2.45, 2.75) is 45.2 Å². The van der Waals surface area contributed by atoms with Crippen molar-refractivity contribution in [3.8, 4) is 6.07 Å². The molecule has 1 rings (SSSR count). The molecule has 0 radical (unpaired) electrons. The highest BCUT2D eigenvalue weighted by Gasteiger charge is 2.27. The van der Waals surface area contributed by atoms with Gasteiger partial charge >= 0.3 is 11.8 Å². The Balaban J connectivity index is 2.49. The van der Waals surface area contributed by atoms with Crippen molar-refractivity contribution in [2.24, 2.45) is 0 Å². The van der Waals surface area contributed by atoms with Crippen LogP contribution in [0.4, 0.5) is 0 Å². The van der Waals surface area contributed by atoms with Gasteiger partial charge in [0.25, 0.3) is 0 Å². The number of carbonyl (C=O) groups is 2. The fraction of sp³-hybridized carbons (Fsp3) is 0.727. The maximum atomic E-state index is 11.5. The number of hydrazine groups is 1. The van der Waals surface area contributed by atoms with Crippen LogP contribution in [0.1, 0.15) is 33.1 Å². The first-order chi connectivity index (χ1) is 8.06. The second-order valence-electron chi connectivity index (χ2n) is 4.32. The van der Waals surface area contributed by atoms with Crippen LogP contribution in [0.5, 0.6) is 0 Å². The Kier molecular flexibility index (Phi) is 4.91. The summed E-state index contributed by atoms with van der Waals surface area (Å²) in [4.78, 5) is 22.8. The molecule has 0 aromatic carbocycles. The number of nitrogens with one attached hydrogen (secondary N) is 2. The van der Waals surface area contributed by atoms with Gasteiger partial charge in [-0.2, -0.15) is 5.26 Å². The Bertz CT molecular complexity index is 327. The van der Waals surface area contributed by atoms with Gasteiger partial charge in [0.2, 0.25) is 0 Å². The second kappa shape index (κ2) is 6.21. The molecule has 0 spiro atoms. The predicted octanol–water partition coefficient (Wildman–Crippen LogP) is -0.0797. The lowest BCUT2D eigenvalue weighted by molar-refractivity contribution is -0.144. The van der Waals surface area contributed by atoms with E-state index in [1.807, 2.05) is 18.9 Å². The van der Waals surface area contributed by atoms with Gasteiger partial charge in [-0.3, -0.25) is 15.0 Å². The van der Waals surface area contributed by atoms with Crippen molar-refractivity contribution in [1.29, 1.82) is 5.26 Å². The van der Waals surface area contributed by atoms with Crippen molar-refractivity contribution in [1.82, 2.24) is 15.8 Å². The van der Waals surface area contributed by atoms with Crippen LogP contribution in [0, 0.1) is 11.3 Å². The van der Waals surface area contributed by atoms with Gasteiger partial charge in [0.05, 0.1) is 6.07 Å². The number of rotatable bonds is 2. The number of nitrogens with zero attached hydrogens (tertiary/aromatic N) is 2. The first kappa shape index (κ1) is 13.5. The average Bonchev–Trinajstić information content (AvgIpc) is 2.30. The number of hydrogen-bond acceptors (Lipinski definition) is 4. The molecule has 2 N–H and O–H groups in total. The molecule has 2 amide bonds. The van der Waals surface area contributed by atoms with Crippen molar-refractivity contribution in [3.05, 3.63) is 0 Å². The molecular formula is C11H18N4O2. The summed E-state index contributed by atoms with van der Waals surface area (Å²) in [5.74, 6) is -1.47. The predicted molar refractivity (Wildman–Crippen MR) is 61.4 cm³/mol. The summed E-state index contributed by atoms with van der Waals surface area (Å²) >= 11 is 0. The van der Waals surface area contributed by atoms with Gasteiger partial charge in [-0.1, -0.05) is 6.42 Å². The van der Waals surface area contributed by atoms with Crippen LogP contribution in [0.25, 0.3) is 0 Å². The standard InChI is InChI=1S/C11H18N4O2/c1-8-4-3-5-9(2)15(8)14-11(17)10(16)13-7-6-12/h8-9H,3-5,7H2,1-2H3,(H,13,16)(H,14,17). The normalized spacial score (nSPS) is 24.8. The van der Waals surface area contributed by atoms with E-state index < -0.39 is 11.8 Å². The summed E-state index contributed by atoms with van der Waals surface area (Å²) in [6.45, 7) is 3.88. The van der Waals surface area contributed by atoms with Gasteiger partial charge in [-0.15, -0.1) is 0 Å². The Hall–Kier alpha value is -1.61. The minimum Gasteiger partial charge on any atom is -0.335 e. The molecule has 0 saturated carbocycles. The quantitative estimate of drug-likeness (QED) is 0.520. The van der Waals surface area contributed by atoms with E-state index in [4.69, 9.17) is 5.26 Å². The molecule has 6 heteroatoms. The molecule has 1 aliphatic rings. The Labute approximate surface area is 101 Å². The summed E-state index contributed by atoms with van der Waals surface area (Å²) in [6, 6.07) is 2.21. The molecular weight excluding hydrogens is 220 g/mol. The lowest BCUT2D eigenvalue weighted by Crippen LogP contribution is -2.57. The van der Waals surface area contributed by atoms with Crippen LogP contribution >= 0.6 is 0 Å². The van der Waals surface area contributed by atoms with Crippen LogP contribution < -0.4 is 10.7 Å². The Morgan fingerprint density at radius 1 is 1.29 bits per heavy atom. The van der Waals surface area contributed by atoms with E-state index in [1.165, 1.54) is 0 Å². The third kappa shape index (κ3) is 3.71. The van der Waals surface area contributed by atoms with Gasteiger partial charge in [0.15, 0.2) is 0 Å². The molecule has 0 bridgehead atoms. The molecule has 94 valence electrons. The molecule has 2 atom stereocenters. The molecule has 1 aliphatic heterocycles. The van der Waals surface area contributed by atoms with Gasteiger partial charge in [-0.25, -0.2) is 5.01 Å². The van der Waals surface area contributed by atoms with E-state index in [2.05, 4.69) is 10.7 Å². The highest BCUT2D eigenvalue weighted by atomic mass is 16.2. The molecule has 2 unspecified atom stereocenters. The molecule has 6 nitrogen and oxygen atoms in total. The largest absolute Gasteiger partial charge is 0.335 e. The summed E-state index contributed by atoms with van der Waals surface area (Å²) in [6.07, 6.45) is 3.14. The summed E-state index contributed by atoms with van der Waals surface area (Å²) in [5.41, 5.74) is 2.60. The number of hydrogen-bond donors (Lipinski definition) is 2. The van der Waals surface area contributed by atoms with E-state index in [0.717, 1.165) is 19.3 Å². The number of amides is 2. The summed E-state index contributed by atoms with van der Waals surface area (Å²) in [5, 5.41) is 12.3. The first-order valence-corrected chi connectivity index (χ1v) is 5.80. The van der Waals surface area contributed by atoms with Gasteiger partial charge in [-0.05, 0) is 26.7 Å². The van der Waals surface area contributed by atoms with Gasteiger partial charge in [0, 0.05) is 12.1 Å². The SMILES string of the molecule is CC1CCCC(C)N1NC(=O)C(=O)NCC#N. The van der Waals surface area contributed by atoms with E-state index in [0.29, 0.717) is 0 Å². The second-order valence-corrected chi connectivity index (χ2v) is 4.32. The lowest BCUT2D eigenvalue weighted by Gasteiger charge is -2.38. The van der Waals surface area contributed by atoms with Crippen LogP contribution in [0.15, 0.2) is 0 Å². The minimum atomic E-state index is -0.767. The smallest absolute Gasteiger partial charge is 0.323 e. The maximum absolute atomic E-state index is 11.5. The van der Waals surface area contributed by atoms with Crippen LogP contribution in [-0.2, 0) is 9.59 Å². The van der Waals surface area contributed by atoms with Crippen LogP contribution in [0.3, 0.4) is 0 Å². The topological polar surface area (TPSA) is 85.2 Å². The monoisotopic (exact) mass is 238 g/mol. The van der Waals surface area contributed by atoms with Crippen molar-refractivity contribution in [2.75, 3.05) is 6.54 Å². The fourth-order valence-electron chi connectivity index (χ4n) is 2.01. The van der Waals surface area contributed by atoms with E-state index in [9.17, 15) is 9.59 Å². The minimum absolute atomic E-state index is 0.155. The molecule has 1 fully saturated rings. The van der Waals surface area contributed by atoms with Crippen LogP contribution in [0.2, 0.25) is 0 Å². The molecule has 0 aromatic rings. The average molecular weight is 238 g/mol. The van der Waals surface area contributed by atoms with E-state index in [1.54, 1.807) is 6.07 Å². The summed E-state index contributed by atoms with van der Waals surface area (Å²) < 4.78 is 0. The van der Waals surface area contributed by atoms with E-state index in [-0.39, 0.29) is 18.6 Å². The van der Waals surface area contributed by atoms with Gasteiger partial charge in [0.1, 0.15) is 6.54 Å². The molecule has 1 saturated heterocycles. The molecule has 17 heavy (non-hydrogen) atoms. The van der Waals surface area contributed by atoms with Gasteiger partial charge < -0.3 is 5.32 Å². The maximum Gasteiger partial charge on any atom is 0.323 e. The number of nitriles is 1. The Morgan fingerprint density at radius 2 is 1.88 bits per heavy atom. The van der Waals surface area contributed by atoms with Crippen LogP contribution in [-0.4, -0.2) is 35.5 Å². The highest BCUT2D eigenvalue weighted by Crippen LogP contribution is 2.19. The third-order valence-corrected chi connectivity index (χ3v) is 2.96. The van der Waals surface area contributed by atoms with Crippen molar-refractivity contribution >= 4 is 11.8 Å². The summed E-state index contributed by atoms with van der Waals surface area (Å²) in [7, 11) is 0. The zero-order valence-electron chi connectivity index (χ0n) is 10.2. The fourth-order valence-corrected chi connectivity index (χ4v) is 2.01. The first-order valence-electron chi connectivity index (χ1n) is 5.80. The highest BCUT2D eigenvalue weighted by molar-refractivity contribution is 6.34.